The molecule has 0 rings (SSSR count). The maximum absolute atomic E-state index is 11.8. The SMILES string of the molecule is C=C(NC(=O)C(F)(F)F)[N+](C)=CCBr. The Balaban J connectivity index is 4.35. The van der Waals surface area contributed by atoms with Gasteiger partial charge in [0, 0.05) is 0 Å². The summed E-state index contributed by atoms with van der Waals surface area (Å²) < 4.78 is 36.6. The second-order valence-corrected chi connectivity index (χ2v) is 2.99. The fourth-order valence-electron chi connectivity index (χ4n) is 0.504. The maximum atomic E-state index is 11.8. The van der Waals surface area contributed by atoms with E-state index in [1.165, 1.54) is 17.8 Å². The lowest BCUT2D eigenvalue weighted by molar-refractivity contribution is -0.443. The molecule has 0 atom stereocenters. The molecule has 7 heteroatoms. The Bertz CT molecular complexity index is 273. The molecule has 0 aromatic heterocycles. The molecule has 0 spiro atoms. The van der Waals surface area contributed by atoms with Crippen molar-refractivity contribution in [2.24, 2.45) is 0 Å². The lowest BCUT2D eigenvalue weighted by Gasteiger charge is -2.04. The van der Waals surface area contributed by atoms with Crippen molar-refractivity contribution in [1.82, 2.24) is 5.32 Å². The Morgan fingerprint density at radius 2 is 2.14 bits per heavy atom. The molecule has 0 aromatic carbocycles. The van der Waals surface area contributed by atoms with Gasteiger partial charge in [0.25, 0.3) is 5.82 Å². The first kappa shape index (κ1) is 13.2. The Morgan fingerprint density at radius 3 is 2.50 bits per heavy atom. The number of nitrogens with zero attached hydrogens (tertiary/aromatic N) is 1. The number of rotatable bonds is 3. The number of carbonyl (C=O) groups excluding carboxylic acids is 1. The van der Waals surface area contributed by atoms with Crippen LogP contribution in [0.5, 0.6) is 0 Å². The van der Waals surface area contributed by atoms with E-state index < -0.39 is 12.1 Å². The highest BCUT2D eigenvalue weighted by Crippen LogP contribution is 2.14. The lowest BCUT2D eigenvalue weighted by atomic mass is 10.5. The predicted molar refractivity (Wildman–Crippen MR) is 49.4 cm³/mol. The minimum atomic E-state index is -4.89. The van der Waals surface area contributed by atoms with E-state index in [0.29, 0.717) is 5.33 Å². The van der Waals surface area contributed by atoms with Crippen LogP contribution in [0.3, 0.4) is 0 Å². The molecular formula is C7H9BrF3N2O+. The van der Waals surface area contributed by atoms with E-state index in [2.05, 4.69) is 22.5 Å². The second-order valence-electron chi connectivity index (χ2n) is 2.35. The second kappa shape index (κ2) is 5.14. The Labute approximate surface area is 87.4 Å². The molecule has 0 saturated heterocycles. The van der Waals surface area contributed by atoms with Gasteiger partial charge < -0.3 is 0 Å². The predicted octanol–water partition coefficient (Wildman–Crippen LogP) is 1.24. The summed E-state index contributed by atoms with van der Waals surface area (Å²) in [5.41, 5.74) is 0. The third kappa shape index (κ3) is 4.40. The Morgan fingerprint density at radius 1 is 1.64 bits per heavy atom. The smallest absolute Gasteiger partial charge is 0.240 e. The van der Waals surface area contributed by atoms with Gasteiger partial charge in [0.2, 0.25) is 0 Å². The standard InChI is InChI=1S/C7H8BrF3N2O/c1-5(13(2)4-3-8)12-6(14)7(9,10)11/h4H,1,3H2,2H3/p+1. The van der Waals surface area contributed by atoms with Gasteiger partial charge in [-0.3, -0.25) is 0 Å². The molecule has 0 unspecified atom stereocenters. The van der Waals surface area contributed by atoms with Crippen molar-refractivity contribution in [3.8, 4) is 0 Å². The summed E-state index contributed by atoms with van der Waals surface area (Å²) in [6, 6.07) is 0. The van der Waals surface area contributed by atoms with Gasteiger partial charge in [0.15, 0.2) is 0 Å². The number of carbonyl (C=O) groups is 1. The van der Waals surface area contributed by atoms with Crippen LogP contribution in [0.15, 0.2) is 12.4 Å². The highest BCUT2D eigenvalue weighted by atomic mass is 79.9. The van der Waals surface area contributed by atoms with Gasteiger partial charge in [-0.25, -0.2) is 14.7 Å². The molecule has 0 saturated carbocycles. The maximum Gasteiger partial charge on any atom is 0.495 e. The summed E-state index contributed by atoms with van der Waals surface area (Å²) in [6.45, 7) is 3.27. The molecule has 0 bridgehead atoms. The number of nitrogens with one attached hydrogen (secondary N) is 1. The molecule has 0 fully saturated rings. The minimum Gasteiger partial charge on any atom is -0.240 e. The van der Waals surface area contributed by atoms with Gasteiger partial charge in [0.1, 0.15) is 0 Å². The molecule has 0 radical (unpaired) electrons. The molecule has 1 amide bonds. The van der Waals surface area contributed by atoms with Gasteiger partial charge in [0.05, 0.1) is 18.6 Å². The van der Waals surface area contributed by atoms with Crippen LogP contribution in [0, 0.1) is 0 Å². The van der Waals surface area contributed by atoms with Crippen LogP contribution >= 0.6 is 15.9 Å². The molecular weight excluding hydrogens is 265 g/mol. The third-order valence-corrected chi connectivity index (χ3v) is 1.57. The average molecular weight is 274 g/mol. The molecule has 14 heavy (non-hydrogen) atoms. The summed E-state index contributed by atoms with van der Waals surface area (Å²) >= 11 is 3.05. The van der Waals surface area contributed by atoms with Crippen LogP contribution in [0.2, 0.25) is 0 Å². The largest absolute Gasteiger partial charge is 0.495 e. The molecule has 0 heterocycles. The first-order chi connectivity index (χ1) is 6.29. The van der Waals surface area contributed by atoms with E-state index in [4.69, 9.17) is 0 Å². The summed E-state index contributed by atoms with van der Waals surface area (Å²) in [5, 5.41) is 2.07. The van der Waals surface area contributed by atoms with Crippen molar-refractivity contribution in [3.05, 3.63) is 12.4 Å². The number of halogens is 4. The number of amides is 1. The van der Waals surface area contributed by atoms with Crippen LogP contribution in [0.4, 0.5) is 13.2 Å². The lowest BCUT2D eigenvalue weighted by Crippen LogP contribution is -2.38. The van der Waals surface area contributed by atoms with E-state index in [0.717, 1.165) is 0 Å². The molecule has 1 N–H and O–H groups in total. The molecule has 80 valence electrons. The van der Waals surface area contributed by atoms with Gasteiger partial charge in [-0.2, -0.15) is 13.2 Å². The molecule has 0 aliphatic heterocycles. The summed E-state index contributed by atoms with van der Waals surface area (Å²) in [5.74, 6) is -2.16. The zero-order chi connectivity index (χ0) is 11.4. The first-order valence-corrected chi connectivity index (χ1v) is 4.60. The van der Waals surface area contributed by atoms with Crippen molar-refractivity contribution in [1.29, 1.82) is 0 Å². The van der Waals surface area contributed by atoms with Crippen LogP contribution in [0.25, 0.3) is 0 Å². The Hall–Kier alpha value is -0.850. The highest BCUT2D eigenvalue weighted by molar-refractivity contribution is 9.09. The fraction of sp³-hybridized carbons (Fsp3) is 0.429. The van der Waals surface area contributed by atoms with Crippen molar-refractivity contribution < 1.29 is 22.5 Å². The topological polar surface area (TPSA) is 32.1 Å². The number of hydrogen-bond acceptors (Lipinski definition) is 1. The average Bonchev–Trinajstić information content (AvgIpc) is 2.02. The van der Waals surface area contributed by atoms with Gasteiger partial charge in [-0.1, -0.05) is 15.9 Å². The van der Waals surface area contributed by atoms with E-state index in [1.54, 1.807) is 5.32 Å². The monoisotopic (exact) mass is 273 g/mol. The van der Waals surface area contributed by atoms with Crippen molar-refractivity contribution in [2.75, 3.05) is 12.4 Å². The zero-order valence-electron chi connectivity index (χ0n) is 7.36. The molecule has 0 aliphatic carbocycles. The van der Waals surface area contributed by atoms with Crippen molar-refractivity contribution in [2.45, 2.75) is 6.18 Å². The number of hydrogen-bond donors (Lipinski definition) is 1. The molecule has 0 aromatic rings. The van der Waals surface area contributed by atoms with E-state index in [1.807, 2.05) is 0 Å². The Kier molecular flexibility index (Phi) is 4.82. The summed E-state index contributed by atoms with van der Waals surface area (Å²) in [7, 11) is 1.47. The van der Waals surface area contributed by atoms with Gasteiger partial charge in [-0.15, -0.1) is 0 Å². The third-order valence-electron chi connectivity index (χ3n) is 1.28. The van der Waals surface area contributed by atoms with Crippen LogP contribution in [-0.4, -0.2) is 35.3 Å². The van der Waals surface area contributed by atoms with E-state index >= 15 is 0 Å². The quantitative estimate of drug-likeness (QED) is 0.469. The first-order valence-electron chi connectivity index (χ1n) is 3.48. The number of alkyl halides is 4. The summed E-state index contributed by atoms with van der Waals surface area (Å²) in [6.07, 6.45) is -3.38. The van der Waals surface area contributed by atoms with Crippen LogP contribution in [0.1, 0.15) is 0 Å². The van der Waals surface area contributed by atoms with Crippen LogP contribution in [-0.2, 0) is 4.79 Å². The van der Waals surface area contributed by atoms with Gasteiger partial charge in [-0.05, 0) is 6.58 Å². The molecule has 3 nitrogen and oxygen atoms in total. The van der Waals surface area contributed by atoms with E-state index in [9.17, 15) is 18.0 Å². The van der Waals surface area contributed by atoms with Crippen LogP contribution < -0.4 is 5.32 Å². The highest BCUT2D eigenvalue weighted by Gasteiger charge is 2.43. The summed E-state index contributed by atoms with van der Waals surface area (Å²) in [4.78, 5) is 10.4. The van der Waals surface area contributed by atoms with Crippen molar-refractivity contribution >= 4 is 28.1 Å². The normalized spacial score (nSPS) is 12.5. The fourth-order valence-corrected chi connectivity index (χ4v) is 0.938. The van der Waals surface area contributed by atoms with E-state index in [-0.39, 0.29) is 5.82 Å². The van der Waals surface area contributed by atoms with Crippen molar-refractivity contribution in [3.63, 3.8) is 0 Å². The van der Waals surface area contributed by atoms with Gasteiger partial charge >= 0.3 is 12.1 Å². The minimum absolute atomic E-state index is 0.133. The molecule has 0 aliphatic rings. The zero-order valence-corrected chi connectivity index (χ0v) is 8.94.